The molecule has 0 aliphatic rings. The van der Waals surface area contributed by atoms with Gasteiger partial charge in [-0.05, 0) is 0 Å². The zero-order valence-corrected chi connectivity index (χ0v) is 46.1. The van der Waals surface area contributed by atoms with Crippen LogP contribution >= 0.6 is 0 Å². The standard InChI is InChI=1S/B79N/c1-42(2)63(43(3)4)73(64(44(5)6)45(7)8)62(74(65(46(9)10)47(11)12)66(48(13)14)49(15)16)41-80-79(77(71(58(33)34)59(35)36)72(60(37)38)61(39)40)78(75(67(50(17)18)51(19)20)68(52(21)22)53(23)24)76(69(54(25)26)55(27)28)70(56(29)30)57(31)32. The molecule has 0 saturated carbocycles. The molecule has 0 aromatic heterocycles. The van der Waals surface area contributed by atoms with E-state index in [1.54, 1.807) is 0 Å². The van der Waals surface area contributed by atoms with Crippen molar-refractivity contribution in [1.82, 2.24) is 0 Å². The van der Waals surface area contributed by atoms with E-state index in [2.05, 4.69) is 0 Å². The van der Waals surface area contributed by atoms with E-state index in [-0.39, 0.29) is 0 Å². The molecule has 0 aromatic carbocycles. The molecule has 242 valence electrons. The van der Waals surface area contributed by atoms with Gasteiger partial charge in [0.05, 0.1) is 0 Å². The molecule has 0 heterocycles. The molecule has 0 N–H and O–H groups in total. The summed E-state index contributed by atoms with van der Waals surface area (Å²) in [5.74, 6) is 0. The third kappa shape index (κ3) is 23.5. The van der Waals surface area contributed by atoms with Crippen molar-refractivity contribution in [3.05, 3.63) is 0 Å². The van der Waals surface area contributed by atoms with Crippen LogP contribution in [-0.4, -0.2) is 559 Å². The van der Waals surface area contributed by atoms with Gasteiger partial charge in [0.2, 0.25) is 0 Å². The fourth-order valence-corrected chi connectivity index (χ4v) is 13.3. The van der Waals surface area contributed by atoms with Crippen LogP contribution < -0.4 is 0 Å². The fourth-order valence-electron chi connectivity index (χ4n) is 13.3. The molecule has 0 spiro atoms. The van der Waals surface area contributed by atoms with Gasteiger partial charge in [0, 0.05) is 0 Å². The quantitative estimate of drug-likeness (QED) is 0.0548. The van der Waals surface area contributed by atoms with Crippen molar-refractivity contribution >= 4 is 559 Å². The molecule has 0 amide bonds. The molecule has 0 saturated heterocycles. The number of hydrogen-bond donors (Lipinski definition) is 0. The van der Waals surface area contributed by atoms with Gasteiger partial charge in [0.25, 0.3) is 0 Å². The summed E-state index contributed by atoms with van der Waals surface area (Å²) in [7, 11) is 267. The summed E-state index contributed by atoms with van der Waals surface area (Å²) in [6.07, 6.45) is -56.6. The summed E-state index contributed by atoms with van der Waals surface area (Å²) < 4.78 is 0. The molecule has 80 radical (unpaired) electrons. The van der Waals surface area contributed by atoms with E-state index in [0.717, 1.165) is 0 Å². The topological polar surface area (TPSA) is 12.4 Å². The Hall–Kier alpha value is 4.93. The Balaban J connectivity index is 11.7. The zero-order valence-electron chi connectivity index (χ0n) is 46.1. The first kappa shape index (κ1) is 84.9. The fraction of sp³-hybridized carbons (Fsp3) is 0. The monoisotopic (exact) mass is 884 g/mol. The van der Waals surface area contributed by atoms with Crippen molar-refractivity contribution in [1.29, 1.82) is 0 Å². The summed E-state index contributed by atoms with van der Waals surface area (Å²) in [6.45, 7) is -0.612. The molecule has 80 heteroatoms. The van der Waals surface area contributed by atoms with Crippen LogP contribution in [0.15, 0.2) is 4.81 Å². The van der Waals surface area contributed by atoms with Crippen molar-refractivity contribution in [2.24, 2.45) is 4.81 Å². The van der Waals surface area contributed by atoms with Crippen LogP contribution in [0.3, 0.4) is 0 Å². The first-order chi connectivity index (χ1) is 36.4. The molecule has 0 bridgehead atoms. The van der Waals surface area contributed by atoms with E-state index in [0.29, 0.717) is 0 Å². The Morgan fingerprint density at radius 2 is 0.250 bits per heavy atom. The Morgan fingerprint density at radius 3 is 0.388 bits per heavy atom. The van der Waals surface area contributed by atoms with Crippen LogP contribution in [0, 0.1) is 0 Å². The average Bonchev–Trinajstić information content (AvgIpc) is 3.22. The molecule has 1 nitrogen and oxygen atoms in total. The Kier molecular flexibility index (Phi) is 41.9. The third-order valence-electron chi connectivity index (χ3n) is 16.3. The zero-order chi connectivity index (χ0) is 63.4. The van der Waals surface area contributed by atoms with Crippen molar-refractivity contribution in [2.45, 2.75) is 0 Å². The third-order valence-corrected chi connectivity index (χ3v) is 16.3. The molecule has 0 atom stereocenters. The summed E-state index contributed by atoms with van der Waals surface area (Å²) in [6, 6.07) is 0. The molecule has 0 aliphatic heterocycles. The SMILES string of the molecule is [B]B([B])B(B([B])[B])B(B(B=NB(B(B(B([B])[B])B([B])[B])B(B([B])[B])B([B])[B])B(B(B(B([B])[B])B([B])[B])B(B([B])[B])B([B])[B])B(B(B([B])[B])B([B])[B])B(B([B])[B])B([B])[B])B(B(B([B])[B])B([B])[B])B(B([B])[B])B([B])[B])B(B([B])[B])B([B])[B]. The molecule has 0 fully saturated rings. The average molecular weight is 868 g/mol. The van der Waals surface area contributed by atoms with Crippen LogP contribution in [0.5, 0.6) is 0 Å². The van der Waals surface area contributed by atoms with Crippen LogP contribution in [0.2, 0.25) is 0 Å². The van der Waals surface area contributed by atoms with Crippen molar-refractivity contribution < 1.29 is 0 Å². The predicted octanol–water partition coefficient (Wildman–Crippen LogP) is -29.9. The van der Waals surface area contributed by atoms with Crippen molar-refractivity contribution in [3.8, 4) is 0 Å². The van der Waals surface area contributed by atoms with Gasteiger partial charge in [-0.1, -0.05) is 0 Å². The first-order valence-corrected chi connectivity index (χ1v) is 26.2. The minimum atomic E-state index is -1.86. The number of rotatable bonds is 38. The van der Waals surface area contributed by atoms with Gasteiger partial charge >= 0.3 is 564 Å². The van der Waals surface area contributed by atoms with Crippen LogP contribution in [0.4, 0.5) is 0 Å². The second-order valence-electron chi connectivity index (χ2n) is 22.2. The van der Waals surface area contributed by atoms with E-state index >= 15 is 0 Å². The van der Waals surface area contributed by atoms with Gasteiger partial charge in [0.1, 0.15) is 0 Å². The molecular formula is B79N. The summed E-state index contributed by atoms with van der Waals surface area (Å²) in [5.41, 5.74) is 0. The van der Waals surface area contributed by atoms with E-state index in [1.807, 2.05) is 0 Å². The van der Waals surface area contributed by atoms with Crippen molar-refractivity contribution in [3.63, 3.8) is 0 Å². The van der Waals surface area contributed by atoms with Gasteiger partial charge in [-0.15, -0.1) is 0 Å². The maximum absolute atomic E-state index is 6.73. The van der Waals surface area contributed by atoms with E-state index < -0.39 is 243 Å². The molecule has 80 heavy (non-hydrogen) atoms. The second kappa shape index (κ2) is 39.5. The van der Waals surface area contributed by atoms with Gasteiger partial charge in [-0.25, -0.2) is 0 Å². The van der Waals surface area contributed by atoms with Crippen LogP contribution in [0.25, 0.3) is 0 Å². The van der Waals surface area contributed by atoms with Gasteiger partial charge < -0.3 is 0 Å². The summed E-state index contributed by atoms with van der Waals surface area (Å²) in [4.78, 5) is 5.51. The Labute approximate surface area is 558 Å². The van der Waals surface area contributed by atoms with Crippen LogP contribution in [-0.2, 0) is 0 Å². The maximum atomic E-state index is 6.73. The van der Waals surface area contributed by atoms with E-state index in [9.17, 15) is 0 Å². The first-order valence-electron chi connectivity index (χ1n) is 26.2. The summed E-state index contributed by atoms with van der Waals surface area (Å²) >= 11 is 0. The summed E-state index contributed by atoms with van der Waals surface area (Å²) in [5, 5.41) is 0. The van der Waals surface area contributed by atoms with E-state index in [4.69, 9.17) is 314 Å². The van der Waals surface area contributed by atoms with Crippen molar-refractivity contribution in [2.75, 3.05) is 0 Å². The molecule has 0 unspecified atom stereocenters. The van der Waals surface area contributed by atoms with E-state index in [1.165, 1.54) is 6.96 Å². The molecule has 0 aromatic rings. The second-order valence-corrected chi connectivity index (χ2v) is 22.2. The van der Waals surface area contributed by atoms with Gasteiger partial charge in [-0.3, -0.25) is 0 Å². The van der Waals surface area contributed by atoms with Gasteiger partial charge in [-0.2, -0.15) is 0 Å². The minimum absolute atomic E-state index is 1.25. The molecule has 0 rings (SSSR count). The normalized spacial score (nSPS) is 9.85. The number of nitrogens with zero attached hydrogens (tertiary/aromatic N) is 1. The van der Waals surface area contributed by atoms with Gasteiger partial charge in [0.15, 0.2) is 0 Å². The number of hydrogen-bond acceptors (Lipinski definition) is 1. The Morgan fingerprint density at radius 1 is 0.138 bits per heavy atom. The molecular weight excluding hydrogens is 868 g/mol. The molecule has 0 aliphatic carbocycles. The van der Waals surface area contributed by atoms with Crippen LogP contribution in [0.1, 0.15) is 0 Å². The Bertz CT molecular complexity index is 1340. The predicted molar refractivity (Wildman–Crippen MR) is 457 cm³/mol.